The molecule has 3 nitrogen and oxygen atoms in total. The molecule has 0 amide bonds. The molecule has 1 fully saturated rings. The Balaban J connectivity index is 1.64. The molecule has 2 N–H and O–H groups in total. The normalized spacial score (nSPS) is 30.8. The lowest BCUT2D eigenvalue weighted by Crippen LogP contribution is -2.33. The molecule has 98 valence electrons. The Morgan fingerprint density at radius 3 is 2.94 bits per heavy atom. The van der Waals surface area contributed by atoms with Crippen molar-refractivity contribution < 1.29 is 9.47 Å². The van der Waals surface area contributed by atoms with Crippen molar-refractivity contribution in [1.82, 2.24) is 0 Å². The minimum absolute atomic E-state index is 0.236. The van der Waals surface area contributed by atoms with Crippen LogP contribution in [0.1, 0.15) is 37.2 Å². The Hall–Kier alpha value is -1.06. The molecule has 18 heavy (non-hydrogen) atoms. The lowest BCUT2D eigenvalue weighted by Gasteiger charge is -2.27. The highest BCUT2D eigenvalue weighted by molar-refractivity contribution is 5.37. The molecule has 3 rings (SSSR count). The van der Waals surface area contributed by atoms with E-state index in [-0.39, 0.29) is 12.1 Å². The van der Waals surface area contributed by atoms with Gasteiger partial charge in [0.25, 0.3) is 0 Å². The summed E-state index contributed by atoms with van der Waals surface area (Å²) >= 11 is 0. The summed E-state index contributed by atoms with van der Waals surface area (Å²) in [4.78, 5) is 0. The summed E-state index contributed by atoms with van der Waals surface area (Å²) in [6, 6.07) is 8.52. The minimum atomic E-state index is 0.236. The summed E-state index contributed by atoms with van der Waals surface area (Å²) in [5.74, 6) is 1.48. The maximum atomic E-state index is 6.04. The van der Waals surface area contributed by atoms with E-state index in [9.17, 15) is 0 Å². The Morgan fingerprint density at radius 1 is 1.22 bits per heavy atom. The molecule has 0 saturated heterocycles. The Kier molecular flexibility index (Phi) is 3.52. The third-order valence-electron chi connectivity index (χ3n) is 4.10. The van der Waals surface area contributed by atoms with E-state index < -0.39 is 0 Å². The van der Waals surface area contributed by atoms with Gasteiger partial charge in [0.2, 0.25) is 0 Å². The molecule has 0 radical (unpaired) electrons. The standard InChI is InChI=1S/C15H21NO2/c16-13-5-3-7-15(13)18-10-11-8-9-17-14-6-2-1-4-12(11)14/h1-2,4,6,11,13,15H,3,5,7-10,16H2. The van der Waals surface area contributed by atoms with E-state index in [1.165, 1.54) is 12.0 Å². The zero-order valence-corrected chi connectivity index (χ0v) is 10.7. The molecule has 0 spiro atoms. The van der Waals surface area contributed by atoms with Gasteiger partial charge in [-0.1, -0.05) is 18.2 Å². The molecule has 0 bridgehead atoms. The number of fused-ring (bicyclic) bond motifs is 1. The third-order valence-corrected chi connectivity index (χ3v) is 4.10. The fraction of sp³-hybridized carbons (Fsp3) is 0.600. The van der Waals surface area contributed by atoms with Crippen LogP contribution in [0.5, 0.6) is 5.75 Å². The smallest absolute Gasteiger partial charge is 0.122 e. The highest BCUT2D eigenvalue weighted by atomic mass is 16.5. The number of para-hydroxylation sites is 1. The Labute approximate surface area is 108 Å². The molecule has 1 saturated carbocycles. The number of ether oxygens (including phenoxy) is 2. The van der Waals surface area contributed by atoms with Crippen LogP contribution in [-0.4, -0.2) is 25.4 Å². The van der Waals surface area contributed by atoms with Gasteiger partial charge in [0, 0.05) is 12.0 Å². The van der Waals surface area contributed by atoms with Crippen LogP contribution in [0.2, 0.25) is 0 Å². The summed E-state index contributed by atoms with van der Waals surface area (Å²) in [7, 11) is 0. The van der Waals surface area contributed by atoms with Gasteiger partial charge in [-0.05, 0) is 37.3 Å². The van der Waals surface area contributed by atoms with Crippen molar-refractivity contribution in [2.45, 2.75) is 43.7 Å². The summed E-state index contributed by atoms with van der Waals surface area (Å²) in [5, 5.41) is 0. The quantitative estimate of drug-likeness (QED) is 0.892. The van der Waals surface area contributed by atoms with Gasteiger partial charge in [-0.15, -0.1) is 0 Å². The van der Waals surface area contributed by atoms with Crippen molar-refractivity contribution in [3.63, 3.8) is 0 Å². The second-order valence-corrected chi connectivity index (χ2v) is 5.34. The van der Waals surface area contributed by atoms with E-state index in [0.29, 0.717) is 5.92 Å². The SMILES string of the molecule is NC1CCCC1OCC1CCOc2ccccc21. The van der Waals surface area contributed by atoms with E-state index in [1.807, 2.05) is 12.1 Å². The van der Waals surface area contributed by atoms with Gasteiger partial charge < -0.3 is 15.2 Å². The van der Waals surface area contributed by atoms with Crippen LogP contribution in [0.15, 0.2) is 24.3 Å². The predicted molar refractivity (Wildman–Crippen MR) is 70.9 cm³/mol. The monoisotopic (exact) mass is 247 g/mol. The van der Waals surface area contributed by atoms with E-state index in [0.717, 1.165) is 38.2 Å². The first kappa shape index (κ1) is 12.0. The van der Waals surface area contributed by atoms with Crippen molar-refractivity contribution in [3.05, 3.63) is 29.8 Å². The number of rotatable bonds is 3. The summed E-state index contributed by atoms with van der Waals surface area (Å²) in [6.45, 7) is 1.57. The molecular formula is C15H21NO2. The average Bonchev–Trinajstić information content (AvgIpc) is 2.82. The van der Waals surface area contributed by atoms with Gasteiger partial charge in [-0.25, -0.2) is 0 Å². The van der Waals surface area contributed by atoms with E-state index in [4.69, 9.17) is 15.2 Å². The first-order chi connectivity index (χ1) is 8.84. The van der Waals surface area contributed by atoms with Crippen LogP contribution in [-0.2, 0) is 4.74 Å². The highest BCUT2D eigenvalue weighted by Crippen LogP contribution is 2.34. The van der Waals surface area contributed by atoms with E-state index in [1.54, 1.807) is 0 Å². The van der Waals surface area contributed by atoms with Crippen molar-refractivity contribution >= 4 is 0 Å². The van der Waals surface area contributed by atoms with Crippen molar-refractivity contribution in [3.8, 4) is 5.75 Å². The second kappa shape index (κ2) is 5.29. The number of nitrogens with two attached hydrogens (primary N) is 1. The molecule has 1 aliphatic heterocycles. The first-order valence-corrected chi connectivity index (χ1v) is 6.93. The third kappa shape index (κ3) is 2.38. The van der Waals surface area contributed by atoms with Crippen molar-refractivity contribution in [2.24, 2.45) is 5.73 Å². The molecule has 2 aliphatic rings. The molecule has 1 aromatic rings. The number of hydrogen-bond donors (Lipinski definition) is 1. The van der Waals surface area contributed by atoms with E-state index >= 15 is 0 Å². The molecule has 1 aromatic carbocycles. The molecular weight excluding hydrogens is 226 g/mol. The zero-order valence-electron chi connectivity index (χ0n) is 10.7. The Morgan fingerprint density at radius 2 is 2.11 bits per heavy atom. The van der Waals surface area contributed by atoms with Gasteiger partial charge in [0.15, 0.2) is 0 Å². The average molecular weight is 247 g/mol. The van der Waals surface area contributed by atoms with Crippen LogP contribution < -0.4 is 10.5 Å². The lowest BCUT2D eigenvalue weighted by atomic mass is 9.94. The van der Waals surface area contributed by atoms with Gasteiger partial charge in [-0.3, -0.25) is 0 Å². The van der Waals surface area contributed by atoms with Gasteiger partial charge in [0.1, 0.15) is 5.75 Å². The second-order valence-electron chi connectivity index (χ2n) is 5.34. The highest BCUT2D eigenvalue weighted by Gasteiger charge is 2.27. The molecule has 3 heteroatoms. The number of benzene rings is 1. The van der Waals surface area contributed by atoms with E-state index in [2.05, 4.69) is 12.1 Å². The molecule has 1 aliphatic carbocycles. The molecule has 3 unspecified atom stereocenters. The van der Waals surface area contributed by atoms with Gasteiger partial charge in [-0.2, -0.15) is 0 Å². The Bertz CT molecular complexity index is 407. The summed E-state index contributed by atoms with van der Waals surface area (Å²) < 4.78 is 11.7. The molecule has 1 heterocycles. The van der Waals surface area contributed by atoms with Gasteiger partial charge >= 0.3 is 0 Å². The van der Waals surface area contributed by atoms with Crippen LogP contribution in [0.3, 0.4) is 0 Å². The fourth-order valence-electron chi connectivity index (χ4n) is 2.99. The molecule has 3 atom stereocenters. The van der Waals surface area contributed by atoms with Gasteiger partial charge in [0.05, 0.1) is 19.3 Å². The molecule has 0 aromatic heterocycles. The predicted octanol–water partition coefficient (Wildman–Crippen LogP) is 2.45. The largest absolute Gasteiger partial charge is 0.493 e. The lowest BCUT2D eigenvalue weighted by molar-refractivity contribution is 0.0320. The topological polar surface area (TPSA) is 44.5 Å². The first-order valence-electron chi connectivity index (χ1n) is 6.93. The van der Waals surface area contributed by atoms with Crippen molar-refractivity contribution in [2.75, 3.05) is 13.2 Å². The maximum Gasteiger partial charge on any atom is 0.122 e. The van der Waals surface area contributed by atoms with Crippen LogP contribution in [0.25, 0.3) is 0 Å². The fourth-order valence-corrected chi connectivity index (χ4v) is 2.99. The number of hydrogen-bond acceptors (Lipinski definition) is 3. The minimum Gasteiger partial charge on any atom is -0.493 e. The van der Waals surface area contributed by atoms with Crippen LogP contribution >= 0.6 is 0 Å². The summed E-state index contributed by atoms with van der Waals surface area (Å²) in [5.41, 5.74) is 7.33. The van der Waals surface area contributed by atoms with Crippen molar-refractivity contribution in [1.29, 1.82) is 0 Å². The summed E-state index contributed by atoms with van der Waals surface area (Å²) in [6.07, 6.45) is 4.73. The van der Waals surface area contributed by atoms with Crippen LogP contribution in [0.4, 0.5) is 0 Å². The zero-order chi connectivity index (χ0) is 12.4. The van der Waals surface area contributed by atoms with Crippen LogP contribution in [0, 0.1) is 0 Å². The maximum absolute atomic E-state index is 6.04.